The van der Waals surface area contributed by atoms with Crippen LogP contribution in [-0.2, 0) is 19.1 Å². The van der Waals surface area contributed by atoms with Crippen molar-refractivity contribution in [1.82, 2.24) is 0 Å². The molecule has 252 valence electrons. The molecule has 0 bridgehead atoms. The molecular weight excluding hydrogens is 548 g/mol. The van der Waals surface area contributed by atoms with Gasteiger partial charge in [-0.25, -0.2) is 0 Å². The van der Waals surface area contributed by atoms with Gasteiger partial charge >= 0.3 is 11.9 Å². The summed E-state index contributed by atoms with van der Waals surface area (Å²) < 4.78 is 11.7. The number of esters is 2. The highest BCUT2D eigenvalue weighted by molar-refractivity contribution is 5.91. The predicted molar refractivity (Wildman–Crippen MR) is 168 cm³/mol. The second kappa shape index (κ2) is 15.9. The second-order valence-corrected chi connectivity index (χ2v) is 13.8. The van der Waals surface area contributed by atoms with E-state index >= 15 is 0 Å². The van der Waals surface area contributed by atoms with Crippen LogP contribution in [0.5, 0.6) is 0 Å². The van der Waals surface area contributed by atoms with Crippen LogP contribution in [0.1, 0.15) is 152 Å². The molecule has 0 aromatic carbocycles. The van der Waals surface area contributed by atoms with Crippen molar-refractivity contribution in [2.75, 3.05) is 0 Å². The normalized spacial score (nSPS) is 27.5. The number of hydrogen-bond acceptors (Lipinski definition) is 8. The number of ether oxygens (including phenoxy) is 2. The molecule has 4 N–H and O–H groups in total. The maximum atomic E-state index is 13.1. The summed E-state index contributed by atoms with van der Waals surface area (Å²) in [5.41, 5.74) is -3.62. The zero-order valence-electron chi connectivity index (χ0n) is 28.5. The number of rotatable bonds is 16. The summed E-state index contributed by atoms with van der Waals surface area (Å²) in [7, 11) is 0. The monoisotopic (exact) mass is 612 g/mol. The van der Waals surface area contributed by atoms with Gasteiger partial charge in [-0.15, -0.1) is 0 Å². The van der Waals surface area contributed by atoms with Crippen molar-refractivity contribution in [2.24, 2.45) is 23.7 Å². The fourth-order valence-electron chi connectivity index (χ4n) is 8.36. The van der Waals surface area contributed by atoms with Crippen LogP contribution in [0.3, 0.4) is 0 Å². The van der Waals surface area contributed by atoms with Crippen molar-refractivity contribution in [3.63, 3.8) is 0 Å². The topological polar surface area (TPSA) is 134 Å². The molecule has 2 rings (SSSR count). The Balaban J connectivity index is 2.15. The molecule has 8 nitrogen and oxygen atoms in total. The molecule has 2 fully saturated rings. The van der Waals surface area contributed by atoms with Crippen LogP contribution in [0.25, 0.3) is 0 Å². The first-order chi connectivity index (χ1) is 20.1. The molecule has 0 aromatic heterocycles. The third-order valence-electron chi connectivity index (χ3n) is 12.2. The first kappa shape index (κ1) is 38.0. The molecule has 0 aromatic rings. The fraction of sp³-hybridized carbons (Fsp3) is 0.943. The summed E-state index contributed by atoms with van der Waals surface area (Å²) in [5, 5.41) is 45.4. The number of hydrogen-bond donors (Lipinski definition) is 4. The van der Waals surface area contributed by atoms with Crippen molar-refractivity contribution in [3.8, 4) is 0 Å². The molecule has 0 saturated heterocycles. The third-order valence-corrected chi connectivity index (χ3v) is 12.2. The van der Waals surface area contributed by atoms with E-state index in [2.05, 4.69) is 0 Å². The Labute approximate surface area is 261 Å². The molecule has 2 aliphatic rings. The Kier molecular flexibility index (Phi) is 14.0. The summed E-state index contributed by atoms with van der Waals surface area (Å²) in [5.74, 6) is -1.83. The fourth-order valence-corrected chi connectivity index (χ4v) is 8.36. The summed E-state index contributed by atoms with van der Waals surface area (Å²) >= 11 is 0. The van der Waals surface area contributed by atoms with Gasteiger partial charge in [-0.1, -0.05) is 55.4 Å². The van der Waals surface area contributed by atoms with E-state index in [9.17, 15) is 30.0 Å². The van der Waals surface area contributed by atoms with Crippen LogP contribution in [0.2, 0.25) is 0 Å². The van der Waals surface area contributed by atoms with Gasteiger partial charge in [-0.2, -0.15) is 0 Å². The zero-order valence-corrected chi connectivity index (χ0v) is 28.5. The molecule has 0 amide bonds. The van der Waals surface area contributed by atoms with Crippen LogP contribution < -0.4 is 0 Å². The van der Waals surface area contributed by atoms with Gasteiger partial charge in [0.25, 0.3) is 0 Å². The summed E-state index contributed by atoms with van der Waals surface area (Å²) in [4.78, 5) is 26.1. The van der Waals surface area contributed by atoms with Gasteiger partial charge in [0.15, 0.2) is 0 Å². The van der Waals surface area contributed by atoms with Gasteiger partial charge in [0.1, 0.15) is 18.6 Å². The van der Waals surface area contributed by atoms with Crippen LogP contribution in [-0.4, -0.2) is 67.0 Å². The molecule has 0 spiro atoms. The number of aliphatic hydroxyl groups is 4. The van der Waals surface area contributed by atoms with E-state index in [1.807, 2.05) is 55.4 Å². The maximum Gasteiger partial charge on any atom is 0.317 e. The second-order valence-electron chi connectivity index (χ2n) is 13.8. The van der Waals surface area contributed by atoms with Gasteiger partial charge in [-0.3, -0.25) is 9.59 Å². The number of carbonyl (C=O) groups excluding carboxylic acids is 2. The van der Waals surface area contributed by atoms with Gasteiger partial charge in [0.05, 0.1) is 22.4 Å². The maximum absolute atomic E-state index is 13.1. The molecule has 4 atom stereocenters. The lowest BCUT2D eigenvalue weighted by atomic mass is 9.64. The molecule has 43 heavy (non-hydrogen) atoms. The molecular formula is C35H64O8. The van der Waals surface area contributed by atoms with Crippen LogP contribution in [0.4, 0.5) is 0 Å². The quantitative estimate of drug-likeness (QED) is 0.119. The standard InChI is InChI=1S/C35H64O8/c1-9-32(38,10-2)24-17-25(33(39,11-3)12-4)20-28(19-24)42-30(36)23-31(37)43-29-21-26(34(40,13-5)14-6)18-27(22-29)35(41,15-7)16-8/h24-29,38-41H,9-23H2,1-8H3. The molecule has 4 unspecified atom stereocenters. The first-order valence-electron chi connectivity index (χ1n) is 17.4. The van der Waals surface area contributed by atoms with E-state index in [0.717, 1.165) is 0 Å². The smallest absolute Gasteiger partial charge is 0.317 e. The van der Waals surface area contributed by atoms with Crippen LogP contribution in [0.15, 0.2) is 0 Å². The Bertz CT molecular complexity index is 749. The minimum Gasteiger partial charge on any atom is -0.462 e. The van der Waals surface area contributed by atoms with E-state index < -0.39 is 53.0 Å². The summed E-state index contributed by atoms with van der Waals surface area (Å²) in [6.07, 6.45) is 6.35. The number of carbonyl (C=O) groups is 2. The van der Waals surface area contributed by atoms with Gasteiger partial charge < -0.3 is 29.9 Å². The summed E-state index contributed by atoms with van der Waals surface area (Å²) in [6.45, 7) is 15.7. The van der Waals surface area contributed by atoms with E-state index in [0.29, 0.717) is 89.9 Å². The molecule has 0 radical (unpaired) electrons. The Morgan fingerprint density at radius 2 is 0.674 bits per heavy atom. The van der Waals surface area contributed by atoms with E-state index in [4.69, 9.17) is 9.47 Å². The average Bonchev–Trinajstić information content (AvgIpc) is 3.02. The highest BCUT2D eigenvalue weighted by Gasteiger charge is 2.48. The van der Waals surface area contributed by atoms with Gasteiger partial charge in [-0.05, 0) is 114 Å². The predicted octanol–water partition coefficient (Wildman–Crippen LogP) is 6.24. The SMILES string of the molecule is CCC(O)(CC)C1CC(OC(=O)CC(=O)OC2CC(C(O)(CC)CC)CC(C(O)(CC)CC)C2)CC(C(O)(CC)CC)C1. The average molecular weight is 613 g/mol. The lowest BCUT2D eigenvalue weighted by molar-refractivity contribution is -0.173. The molecule has 2 saturated carbocycles. The Morgan fingerprint density at radius 3 is 0.860 bits per heavy atom. The van der Waals surface area contributed by atoms with Crippen LogP contribution >= 0.6 is 0 Å². The molecule has 2 aliphatic carbocycles. The van der Waals surface area contributed by atoms with Crippen molar-refractivity contribution in [3.05, 3.63) is 0 Å². The Hall–Kier alpha value is -1.22. The van der Waals surface area contributed by atoms with Crippen molar-refractivity contribution < 1.29 is 39.5 Å². The zero-order chi connectivity index (χ0) is 32.6. The first-order valence-corrected chi connectivity index (χ1v) is 17.4. The highest BCUT2D eigenvalue weighted by atomic mass is 16.6. The summed E-state index contributed by atoms with van der Waals surface area (Å²) in [6, 6.07) is 0. The lowest BCUT2D eigenvalue weighted by Gasteiger charge is -2.47. The Morgan fingerprint density at radius 1 is 0.465 bits per heavy atom. The lowest BCUT2D eigenvalue weighted by Crippen LogP contribution is -2.49. The molecule has 0 heterocycles. The van der Waals surface area contributed by atoms with Crippen molar-refractivity contribution in [2.45, 2.75) is 186 Å². The minimum absolute atomic E-state index is 0.126. The van der Waals surface area contributed by atoms with Gasteiger partial charge in [0, 0.05) is 0 Å². The largest absolute Gasteiger partial charge is 0.462 e. The van der Waals surface area contributed by atoms with E-state index in [1.54, 1.807) is 0 Å². The highest BCUT2D eigenvalue weighted by Crippen LogP contribution is 2.47. The third kappa shape index (κ3) is 8.95. The van der Waals surface area contributed by atoms with Crippen LogP contribution in [0, 0.1) is 23.7 Å². The minimum atomic E-state index is -0.906. The van der Waals surface area contributed by atoms with E-state index in [-0.39, 0.29) is 23.7 Å². The van der Waals surface area contributed by atoms with E-state index in [1.165, 1.54) is 0 Å². The van der Waals surface area contributed by atoms with Crippen molar-refractivity contribution >= 4 is 11.9 Å². The van der Waals surface area contributed by atoms with Gasteiger partial charge in [0.2, 0.25) is 0 Å². The molecule has 8 heteroatoms. The molecule has 0 aliphatic heterocycles. The van der Waals surface area contributed by atoms with Crippen molar-refractivity contribution in [1.29, 1.82) is 0 Å².